The predicted octanol–water partition coefficient (Wildman–Crippen LogP) is 0.514. The van der Waals surface area contributed by atoms with Crippen molar-refractivity contribution >= 4 is 12.2 Å². The highest BCUT2D eigenvalue weighted by Crippen LogP contribution is 1.96. The third-order valence-electron chi connectivity index (χ3n) is 1.20. The van der Waals surface area contributed by atoms with Crippen molar-refractivity contribution in [1.29, 1.82) is 0 Å². The summed E-state index contributed by atoms with van der Waals surface area (Å²) >= 11 is 0. The molecular weight excluding hydrogens is 154 g/mol. The molecule has 0 atom stereocenters. The SMILES string of the molecule is OCCN=CNc1ccccn1. The van der Waals surface area contributed by atoms with Gasteiger partial charge in [-0.15, -0.1) is 0 Å². The van der Waals surface area contributed by atoms with E-state index in [1.165, 1.54) is 6.34 Å². The lowest BCUT2D eigenvalue weighted by Crippen LogP contribution is -1.98. The summed E-state index contributed by atoms with van der Waals surface area (Å²) in [5.74, 6) is 0.749. The van der Waals surface area contributed by atoms with Crippen LogP contribution in [0.1, 0.15) is 0 Å². The molecule has 0 radical (unpaired) electrons. The third-order valence-corrected chi connectivity index (χ3v) is 1.20. The zero-order valence-electron chi connectivity index (χ0n) is 6.64. The molecule has 0 aliphatic heterocycles. The molecule has 0 saturated heterocycles. The minimum absolute atomic E-state index is 0.0698. The Morgan fingerprint density at radius 2 is 2.50 bits per heavy atom. The first-order valence-electron chi connectivity index (χ1n) is 3.70. The maximum atomic E-state index is 8.41. The van der Waals surface area contributed by atoms with Crippen molar-refractivity contribution < 1.29 is 5.11 Å². The Morgan fingerprint density at radius 1 is 1.58 bits per heavy atom. The van der Waals surface area contributed by atoms with Crippen molar-refractivity contribution in [2.75, 3.05) is 18.5 Å². The fourth-order valence-electron chi connectivity index (χ4n) is 0.682. The summed E-state index contributed by atoms with van der Waals surface area (Å²) in [6.07, 6.45) is 3.22. The van der Waals surface area contributed by atoms with Gasteiger partial charge in [-0.05, 0) is 12.1 Å². The van der Waals surface area contributed by atoms with Gasteiger partial charge in [-0.1, -0.05) is 6.07 Å². The van der Waals surface area contributed by atoms with Gasteiger partial charge in [-0.25, -0.2) is 4.98 Å². The molecule has 0 bridgehead atoms. The van der Waals surface area contributed by atoms with E-state index in [0.29, 0.717) is 6.54 Å². The first-order chi connectivity index (χ1) is 5.93. The molecule has 0 aliphatic rings. The predicted molar refractivity (Wildman–Crippen MR) is 48.3 cm³/mol. The summed E-state index contributed by atoms with van der Waals surface area (Å²) in [4.78, 5) is 7.87. The molecule has 0 fully saturated rings. The standard InChI is InChI=1S/C8H11N3O/c12-6-5-9-7-11-8-3-1-2-4-10-8/h1-4,7,12H,5-6H2,(H,9,10,11). The molecule has 1 aromatic rings. The molecular formula is C8H11N3O. The molecule has 0 aromatic carbocycles. The molecule has 1 rings (SSSR count). The van der Waals surface area contributed by atoms with Gasteiger partial charge in [0.2, 0.25) is 0 Å². The molecule has 4 nitrogen and oxygen atoms in total. The molecule has 1 heterocycles. The van der Waals surface area contributed by atoms with Gasteiger partial charge in [0.1, 0.15) is 5.82 Å². The van der Waals surface area contributed by atoms with Crippen LogP contribution in [0.4, 0.5) is 5.82 Å². The van der Waals surface area contributed by atoms with E-state index in [1.54, 1.807) is 6.20 Å². The van der Waals surface area contributed by atoms with Gasteiger partial charge in [0.05, 0.1) is 19.5 Å². The Labute approximate surface area is 71.0 Å². The van der Waals surface area contributed by atoms with E-state index >= 15 is 0 Å². The molecule has 4 heteroatoms. The highest BCUT2D eigenvalue weighted by atomic mass is 16.3. The summed E-state index contributed by atoms with van der Waals surface area (Å²) in [7, 11) is 0. The number of nitrogens with one attached hydrogen (secondary N) is 1. The van der Waals surface area contributed by atoms with Crippen molar-refractivity contribution in [3.05, 3.63) is 24.4 Å². The molecule has 2 N–H and O–H groups in total. The smallest absolute Gasteiger partial charge is 0.130 e. The van der Waals surface area contributed by atoms with E-state index in [2.05, 4.69) is 15.3 Å². The van der Waals surface area contributed by atoms with Gasteiger partial charge in [0.25, 0.3) is 0 Å². The molecule has 0 amide bonds. The topological polar surface area (TPSA) is 57.5 Å². The quantitative estimate of drug-likeness (QED) is 0.505. The average Bonchev–Trinajstić information content (AvgIpc) is 2.14. The minimum atomic E-state index is 0.0698. The van der Waals surface area contributed by atoms with E-state index < -0.39 is 0 Å². The first kappa shape index (κ1) is 8.67. The van der Waals surface area contributed by atoms with Gasteiger partial charge in [0, 0.05) is 6.20 Å². The molecule has 64 valence electrons. The van der Waals surface area contributed by atoms with Crippen molar-refractivity contribution in [1.82, 2.24) is 4.98 Å². The minimum Gasteiger partial charge on any atom is -0.394 e. The zero-order valence-corrected chi connectivity index (χ0v) is 6.64. The van der Waals surface area contributed by atoms with E-state index in [-0.39, 0.29) is 6.61 Å². The molecule has 0 spiro atoms. The maximum Gasteiger partial charge on any atom is 0.130 e. The van der Waals surface area contributed by atoms with Crippen molar-refractivity contribution in [2.45, 2.75) is 0 Å². The van der Waals surface area contributed by atoms with E-state index in [9.17, 15) is 0 Å². The number of nitrogens with zero attached hydrogens (tertiary/aromatic N) is 2. The van der Waals surface area contributed by atoms with Crippen LogP contribution >= 0.6 is 0 Å². The van der Waals surface area contributed by atoms with Crippen LogP contribution < -0.4 is 5.32 Å². The van der Waals surface area contributed by atoms with Crippen molar-refractivity contribution in [3.63, 3.8) is 0 Å². The largest absolute Gasteiger partial charge is 0.394 e. The van der Waals surface area contributed by atoms with Crippen LogP contribution in [-0.4, -0.2) is 29.6 Å². The normalized spacial score (nSPS) is 10.4. The maximum absolute atomic E-state index is 8.41. The number of aliphatic imine (C=N–C) groups is 1. The van der Waals surface area contributed by atoms with Crippen LogP contribution in [0.25, 0.3) is 0 Å². The number of hydrogen-bond acceptors (Lipinski definition) is 3. The molecule has 0 aliphatic carbocycles. The monoisotopic (exact) mass is 165 g/mol. The van der Waals surface area contributed by atoms with E-state index in [4.69, 9.17) is 5.11 Å². The number of hydrogen-bond donors (Lipinski definition) is 2. The van der Waals surface area contributed by atoms with E-state index in [0.717, 1.165) is 5.82 Å². The molecule has 0 unspecified atom stereocenters. The number of aliphatic hydroxyl groups excluding tert-OH is 1. The highest BCUT2D eigenvalue weighted by Gasteiger charge is 1.84. The van der Waals surface area contributed by atoms with Crippen LogP contribution in [0.15, 0.2) is 29.4 Å². The summed E-state index contributed by atoms with van der Waals surface area (Å²) in [6, 6.07) is 5.57. The number of anilines is 1. The third kappa shape index (κ3) is 3.12. The summed E-state index contributed by atoms with van der Waals surface area (Å²) < 4.78 is 0. The first-order valence-corrected chi connectivity index (χ1v) is 3.70. The Hall–Kier alpha value is -1.42. The lowest BCUT2D eigenvalue weighted by molar-refractivity contribution is 0.307. The molecule has 12 heavy (non-hydrogen) atoms. The fraction of sp³-hybridized carbons (Fsp3) is 0.250. The number of aliphatic hydroxyl groups is 1. The Kier molecular flexibility index (Phi) is 3.80. The highest BCUT2D eigenvalue weighted by molar-refractivity contribution is 5.73. The summed E-state index contributed by atoms with van der Waals surface area (Å²) in [5, 5.41) is 11.3. The van der Waals surface area contributed by atoms with Crippen LogP contribution in [0.3, 0.4) is 0 Å². The van der Waals surface area contributed by atoms with Gasteiger partial charge < -0.3 is 10.4 Å². The van der Waals surface area contributed by atoms with Crippen LogP contribution in [0.5, 0.6) is 0 Å². The van der Waals surface area contributed by atoms with Gasteiger partial charge in [-0.2, -0.15) is 0 Å². The Morgan fingerprint density at radius 3 is 3.17 bits per heavy atom. The van der Waals surface area contributed by atoms with Crippen LogP contribution in [-0.2, 0) is 0 Å². The van der Waals surface area contributed by atoms with Crippen LogP contribution in [0, 0.1) is 0 Å². The second-order valence-corrected chi connectivity index (χ2v) is 2.12. The van der Waals surface area contributed by atoms with Gasteiger partial charge in [0.15, 0.2) is 0 Å². The lowest BCUT2D eigenvalue weighted by atomic mass is 10.5. The zero-order chi connectivity index (χ0) is 8.65. The lowest BCUT2D eigenvalue weighted by Gasteiger charge is -1.95. The molecule has 1 aromatic heterocycles. The number of rotatable bonds is 4. The van der Waals surface area contributed by atoms with Gasteiger partial charge >= 0.3 is 0 Å². The van der Waals surface area contributed by atoms with E-state index in [1.807, 2.05) is 18.2 Å². The second-order valence-electron chi connectivity index (χ2n) is 2.12. The Balaban J connectivity index is 2.33. The summed E-state index contributed by atoms with van der Waals surface area (Å²) in [5.41, 5.74) is 0. The van der Waals surface area contributed by atoms with Crippen molar-refractivity contribution in [3.8, 4) is 0 Å². The molecule has 0 saturated carbocycles. The van der Waals surface area contributed by atoms with Gasteiger partial charge in [-0.3, -0.25) is 4.99 Å². The fourth-order valence-corrected chi connectivity index (χ4v) is 0.682. The number of pyridine rings is 1. The Bertz CT molecular complexity index is 235. The number of aromatic nitrogens is 1. The van der Waals surface area contributed by atoms with Crippen LogP contribution in [0.2, 0.25) is 0 Å². The summed E-state index contributed by atoms with van der Waals surface area (Å²) in [6.45, 7) is 0.486. The average molecular weight is 165 g/mol. The second kappa shape index (κ2) is 5.26. The van der Waals surface area contributed by atoms with Crippen molar-refractivity contribution in [2.24, 2.45) is 4.99 Å².